The third-order valence-corrected chi connectivity index (χ3v) is 6.86. The van der Waals surface area contributed by atoms with Crippen LogP contribution in [0, 0.1) is 5.92 Å². The van der Waals surface area contributed by atoms with Crippen molar-refractivity contribution in [2.24, 2.45) is 5.92 Å². The maximum absolute atomic E-state index is 6.21. The Labute approximate surface area is 208 Å². The summed E-state index contributed by atoms with van der Waals surface area (Å²) in [5.41, 5.74) is 2.88. The smallest absolute Gasteiger partial charge is 0.217 e. The molecule has 1 aliphatic carbocycles. The van der Waals surface area contributed by atoms with Crippen LogP contribution in [0.15, 0.2) is 60.7 Å². The summed E-state index contributed by atoms with van der Waals surface area (Å²) in [4.78, 5) is 12.0. The number of benzene rings is 2. The quantitative estimate of drug-likeness (QED) is 0.410. The van der Waals surface area contributed by atoms with Gasteiger partial charge < -0.3 is 14.2 Å². The fourth-order valence-electron chi connectivity index (χ4n) is 4.76. The van der Waals surface area contributed by atoms with Gasteiger partial charge in [-0.2, -0.15) is 4.98 Å². The Balaban J connectivity index is 1.28. The van der Waals surface area contributed by atoms with E-state index in [1.807, 2.05) is 48.5 Å². The van der Waals surface area contributed by atoms with Crippen LogP contribution in [-0.4, -0.2) is 60.9 Å². The highest BCUT2D eigenvalue weighted by molar-refractivity contribution is 5.65. The van der Waals surface area contributed by atoms with Gasteiger partial charge in [-0.3, -0.25) is 4.90 Å². The van der Waals surface area contributed by atoms with Gasteiger partial charge in [-0.05, 0) is 43.0 Å². The highest BCUT2D eigenvalue weighted by atomic mass is 16.5. The molecule has 2 fully saturated rings. The van der Waals surface area contributed by atoms with Crippen LogP contribution in [0.2, 0.25) is 0 Å². The number of hydrogen-bond acceptors (Lipinski definition) is 6. The van der Waals surface area contributed by atoms with E-state index in [1.165, 1.54) is 32.1 Å². The van der Waals surface area contributed by atoms with E-state index in [0.717, 1.165) is 62.0 Å². The van der Waals surface area contributed by atoms with Crippen molar-refractivity contribution >= 4 is 0 Å². The van der Waals surface area contributed by atoms with E-state index < -0.39 is 0 Å². The van der Waals surface area contributed by atoms with Gasteiger partial charge in [-0.25, -0.2) is 4.98 Å². The van der Waals surface area contributed by atoms with Crippen molar-refractivity contribution in [3.8, 4) is 34.3 Å². The van der Waals surface area contributed by atoms with Crippen LogP contribution in [0.4, 0.5) is 0 Å². The standard InChI is InChI=1S/C29H35N3O3/c1-3-7-23(8-4-1)22-35-28-21-27(24-9-5-2-6-10-24)30-29(31-28)25-11-13-26(14-12-25)34-20-17-32-15-18-33-19-16-32/h2,5-6,9-14,21,23H,1,3-4,7-8,15-20,22H2. The number of ether oxygens (including phenoxy) is 3. The minimum absolute atomic E-state index is 0.622. The van der Waals surface area contributed by atoms with Crippen LogP contribution in [0.1, 0.15) is 32.1 Å². The molecule has 6 nitrogen and oxygen atoms in total. The molecule has 5 rings (SSSR count). The molecule has 1 saturated heterocycles. The Hall–Kier alpha value is -2.96. The maximum atomic E-state index is 6.21. The van der Waals surface area contributed by atoms with Gasteiger partial charge in [0.25, 0.3) is 0 Å². The molecule has 1 saturated carbocycles. The van der Waals surface area contributed by atoms with Gasteiger partial charge in [0.1, 0.15) is 12.4 Å². The van der Waals surface area contributed by atoms with E-state index >= 15 is 0 Å². The number of nitrogens with zero attached hydrogens (tertiary/aromatic N) is 3. The molecule has 0 spiro atoms. The molecule has 2 heterocycles. The molecule has 1 aliphatic heterocycles. The lowest BCUT2D eigenvalue weighted by molar-refractivity contribution is 0.0322. The summed E-state index contributed by atoms with van der Waals surface area (Å²) in [5.74, 6) is 2.79. The summed E-state index contributed by atoms with van der Waals surface area (Å²) in [5, 5.41) is 0. The van der Waals surface area contributed by atoms with E-state index in [0.29, 0.717) is 24.2 Å². The summed E-state index contributed by atoms with van der Waals surface area (Å²) in [6.07, 6.45) is 6.45. The van der Waals surface area contributed by atoms with Crippen LogP contribution in [0.5, 0.6) is 11.6 Å². The average molecular weight is 474 g/mol. The second-order valence-electron chi connectivity index (χ2n) is 9.42. The minimum Gasteiger partial charge on any atom is -0.492 e. The third-order valence-electron chi connectivity index (χ3n) is 6.86. The Morgan fingerprint density at radius 1 is 0.829 bits per heavy atom. The fraction of sp³-hybridized carbons (Fsp3) is 0.448. The molecular formula is C29H35N3O3. The molecule has 6 heteroatoms. The average Bonchev–Trinajstić information content (AvgIpc) is 2.94. The van der Waals surface area contributed by atoms with Gasteiger partial charge >= 0.3 is 0 Å². The molecule has 0 bridgehead atoms. The molecule has 0 radical (unpaired) electrons. The maximum Gasteiger partial charge on any atom is 0.217 e. The topological polar surface area (TPSA) is 56.7 Å². The Morgan fingerprint density at radius 2 is 1.60 bits per heavy atom. The third kappa shape index (κ3) is 6.80. The second kappa shape index (κ2) is 12.1. The van der Waals surface area contributed by atoms with Crippen LogP contribution < -0.4 is 9.47 Å². The van der Waals surface area contributed by atoms with Crippen molar-refractivity contribution in [2.45, 2.75) is 32.1 Å². The Kier molecular flexibility index (Phi) is 8.24. The molecule has 0 amide bonds. The van der Waals surface area contributed by atoms with Crippen molar-refractivity contribution in [1.82, 2.24) is 14.9 Å². The van der Waals surface area contributed by atoms with Crippen LogP contribution >= 0.6 is 0 Å². The predicted octanol–water partition coefficient (Wildman–Crippen LogP) is 5.48. The lowest BCUT2D eigenvalue weighted by Crippen LogP contribution is -2.38. The van der Waals surface area contributed by atoms with Gasteiger partial charge in [0, 0.05) is 36.8 Å². The van der Waals surface area contributed by atoms with E-state index in [2.05, 4.69) is 17.0 Å². The molecule has 2 aliphatic rings. The van der Waals surface area contributed by atoms with E-state index in [9.17, 15) is 0 Å². The van der Waals surface area contributed by atoms with Gasteiger partial charge in [0.15, 0.2) is 5.82 Å². The zero-order valence-electron chi connectivity index (χ0n) is 20.4. The second-order valence-corrected chi connectivity index (χ2v) is 9.42. The highest BCUT2D eigenvalue weighted by Crippen LogP contribution is 2.28. The number of rotatable bonds is 9. The summed E-state index contributed by atoms with van der Waals surface area (Å²) < 4.78 is 17.6. The van der Waals surface area contributed by atoms with Crippen molar-refractivity contribution in [3.05, 3.63) is 60.7 Å². The first-order valence-corrected chi connectivity index (χ1v) is 12.9. The van der Waals surface area contributed by atoms with E-state index in [-0.39, 0.29) is 0 Å². The SMILES string of the molecule is c1ccc(-c2cc(OCC3CCCCC3)nc(-c3ccc(OCCN4CCOCC4)cc3)n2)cc1. The van der Waals surface area contributed by atoms with E-state index in [1.54, 1.807) is 0 Å². The van der Waals surface area contributed by atoms with Crippen LogP contribution in [0.25, 0.3) is 22.6 Å². The highest BCUT2D eigenvalue weighted by Gasteiger charge is 2.16. The summed E-state index contributed by atoms with van der Waals surface area (Å²) in [7, 11) is 0. The molecule has 184 valence electrons. The monoisotopic (exact) mass is 473 g/mol. The zero-order chi connectivity index (χ0) is 23.7. The van der Waals surface area contributed by atoms with Gasteiger partial charge in [-0.1, -0.05) is 49.6 Å². The lowest BCUT2D eigenvalue weighted by atomic mass is 9.90. The number of aromatic nitrogens is 2. The lowest BCUT2D eigenvalue weighted by Gasteiger charge is -2.26. The van der Waals surface area contributed by atoms with Crippen molar-refractivity contribution in [2.75, 3.05) is 46.1 Å². The van der Waals surface area contributed by atoms with Crippen molar-refractivity contribution in [3.63, 3.8) is 0 Å². The molecule has 2 aromatic carbocycles. The van der Waals surface area contributed by atoms with Crippen molar-refractivity contribution < 1.29 is 14.2 Å². The number of hydrogen-bond donors (Lipinski definition) is 0. The molecule has 0 atom stereocenters. The normalized spacial score (nSPS) is 17.3. The predicted molar refractivity (Wildman–Crippen MR) is 138 cm³/mol. The van der Waals surface area contributed by atoms with Gasteiger partial charge in [-0.15, -0.1) is 0 Å². The summed E-state index contributed by atoms with van der Waals surface area (Å²) in [6, 6.07) is 20.2. The molecule has 3 aromatic rings. The Bertz CT molecular complexity index is 1050. The van der Waals surface area contributed by atoms with Gasteiger partial charge in [0.05, 0.1) is 25.5 Å². The molecule has 1 aromatic heterocycles. The molecule has 0 N–H and O–H groups in total. The molecule has 0 unspecified atom stereocenters. The first kappa shape index (κ1) is 23.8. The number of morpholine rings is 1. The first-order chi connectivity index (χ1) is 17.3. The van der Waals surface area contributed by atoms with Crippen LogP contribution in [-0.2, 0) is 4.74 Å². The Morgan fingerprint density at radius 3 is 2.37 bits per heavy atom. The first-order valence-electron chi connectivity index (χ1n) is 12.9. The summed E-state index contributed by atoms with van der Waals surface area (Å²) in [6.45, 7) is 5.87. The molecule has 35 heavy (non-hydrogen) atoms. The van der Waals surface area contributed by atoms with Gasteiger partial charge in [0.2, 0.25) is 5.88 Å². The van der Waals surface area contributed by atoms with E-state index in [4.69, 9.17) is 24.2 Å². The minimum atomic E-state index is 0.622. The van der Waals surface area contributed by atoms with Crippen molar-refractivity contribution in [1.29, 1.82) is 0 Å². The molecular weight excluding hydrogens is 438 g/mol. The summed E-state index contributed by atoms with van der Waals surface area (Å²) >= 11 is 0. The fourth-order valence-corrected chi connectivity index (χ4v) is 4.76. The largest absolute Gasteiger partial charge is 0.492 e. The zero-order valence-corrected chi connectivity index (χ0v) is 20.4. The van der Waals surface area contributed by atoms with Crippen LogP contribution in [0.3, 0.4) is 0 Å².